The number of Topliss-reactive ketones (excluding diaryl/α,β-unsaturated/α-hetero) is 1. The summed E-state index contributed by atoms with van der Waals surface area (Å²) in [5.74, 6) is -1.29. The Morgan fingerprint density at radius 1 is 1.23 bits per heavy atom. The highest BCUT2D eigenvalue weighted by atomic mass is 16.5. The number of benzene rings is 1. The van der Waals surface area contributed by atoms with Crippen LogP contribution in [0.1, 0.15) is 44.5 Å². The molecule has 0 aliphatic rings. The van der Waals surface area contributed by atoms with Gasteiger partial charge in [-0.2, -0.15) is 0 Å². The maximum Gasteiger partial charge on any atom is 0.342 e. The van der Waals surface area contributed by atoms with Crippen LogP contribution in [0.25, 0.3) is 0 Å². The third-order valence-electron chi connectivity index (χ3n) is 3.01. The van der Waals surface area contributed by atoms with E-state index in [1.165, 1.54) is 0 Å². The van der Waals surface area contributed by atoms with Crippen molar-refractivity contribution in [2.24, 2.45) is 5.41 Å². The van der Waals surface area contributed by atoms with E-state index in [1.54, 1.807) is 45.9 Å². The van der Waals surface area contributed by atoms with Crippen LogP contribution in [-0.4, -0.2) is 24.3 Å². The molecule has 0 unspecified atom stereocenters. The molecule has 0 aliphatic carbocycles. The SMILES string of the molecule is CCOC(=O)c1c(N)cccc1NC(=O)CC(=O)C(C)(C)C. The first kappa shape index (κ1) is 17.7. The van der Waals surface area contributed by atoms with E-state index in [9.17, 15) is 14.4 Å². The molecule has 0 heterocycles. The summed E-state index contributed by atoms with van der Waals surface area (Å²) in [4.78, 5) is 35.8. The number of nitrogens with two attached hydrogens (primary N) is 1. The van der Waals surface area contributed by atoms with Gasteiger partial charge in [0.2, 0.25) is 5.91 Å². The summed E-state index contributed by atoms with van der Waals surface area (Å²) in [7, 11) is 0. The molecule has 6 heteroatoms. The Bertz CT molecular complexity index is 588. The topological polar surface area (TPSA) is 98.5 Å². The highest BCUT2D eigenvalue weighted by Crippen LogP contribution is 2.24. The van der Waals surface area contributed by atoms with Crippen LogP contribution in [0.5, 0.6) is 0 Å². The first-order chi connectivity index (χ1) is 10.2. The summed E-state index contributed by atoms with van der Waals surface area (Å²) in [5, 5.41) is 2.55. The van der Waals surface area contributed by atoms with Gasteiger partial charge < -0.3 is 15.8 Å². The minimum Gasteiger partial charge on any atom is -0.462 e. The minimum atomic E-state index is -0.613. The van der Waals surface area contributed by atoms with Crippen LogP contribution in [0.3, 0.4) is 0 Å². The van der Waals surface area contributed by atoms with Gasteiger partial charge in [-0.3, -0.25) is 9.59 Å². The molecule has 0 atom stereocenters. The smallest absolute Gasteiger partial charge is 0.342 e. The Kier molecular flexibility index (Phi) is 5.68. The lowest BCUT2D eigenvalue weighted by Gasteiger charge is -2.17. The fourth-order valence-electron chi connectivity index (χ4n) is 1.71. The fourth-order valence-corrected chi connectivity index (χ4v) is 1.71. The molecule has 1 aromatic rings. The Morgan fingerprint density at radius 2 is 1.86 bits per heavy atom. The van der Waals surface area contributed by atoms with Gasteiger partial charge in [-0.25, -0.2) is 4.79 Å². The van der Waals surface area contributed by atoms with Crippen LogP contribution >= 0.6 is 0 Å². The second kappa shape index (κ2) is 7.06. The number of carbonyl (C=O) groups is 3. The van der Waals surface area contributed by atoms with Crippen molar-refractivity contribution in [2.75, 3.05) is 17.7 Å². The molecule has 120 valence electrons. The molecule has 1 rings (SSSR count). The molecule has 0 bridgehead atoms. The number of hydrogen-bond acceptors (Lipinski definition) is 5. The lowest BCUT2D eigenvalue weighted by Crippen LogP contribution is -2.26. The van der Waals surface area contributed by atoms with Gasteiger partial charge in [0.25, 0.3) is 0 Å². The molecule has 3 N–H and O–H groups in total. The Morgan fingerprint density at radius 3 is 2.41 bits per heavy atom. The van der Waals surface area contributed by atoms with Crippen molar-refractivity contribution in [2.45, 2.75) is 34.1 Å². The lowest BCUT2D eigenvalue weighted by atomic mass is 9.89. The van der Waals surface area contributed by atoms with Crippen molar-refractivity contribution < 1.29 is 19.1 Å². The number of hydrogen-bond donors (Lipinski definition) is 2. The first-order valence-electron chi connectivity index (χ1n) is 7.05. The number of ketones is 1. The van der Waals surface area contributed by atoms with Gasteiger partial charge in [-0.05, 0) is 19.1 Å². The molecule has 0 saturated heterocycles. The van der Waals surface area contributed by atoms with E-state index in [0.717, 1.165) is 0 Å². The molecule has 6 nitrogen and oxygen atoms in total. The van der Waals surface area contributed by atoms with Gasteiger partial charge in [-0.15, -0.1) is 0 Å². The van der Waals surface area contributed by atoms with Crippen molar-refractivity contribution >= 4 is 29.0 Å². The van der Waals surface area contributed by atoms with Crippen molar-refractivity contribution in [1.29, 1.82) is 0 Å². The zero-order valence-corrected chi connectivity index (χ0v) is 13.4. The predicted molar refractivity (Wildman–Crippen MR) is 84.5 cm³/mol. The maximum absolute atomic E-state index is 12.0. The number of esters is 1. The van der Waals surface area contributed by atoms with E-state index in [1.807, 2.05) is 0 Å². The Hall–Kier alpha value is -2.37. The van der Waals surface area contributed by atoms with Gasteiger partial charge in [0, 0.05) is 11.1 Å². The number of amides is 1. The van der Waals surface area contributed by atoms with Gasteiger partial charge in [-0.1, -0.05) is 26.8 Å². The zero-order chi connectivity index (χ0) is 16.9. The van der Waals surface area contributed by atoms with E-state index >= 15 is 0 Å². The van der Waals surface area contributed by atoms with Crippen molar-refractivity contribution in [1.82, 2.24) is 0 Å². The molecule has 22 heavy (non-hydrogen) atoms. The highest BCUT2D eigenvalue weighted by Gasteiger charge is 2.24. The van der Waals surface area contributed by atoms with Crippen LogP contribution in [0.15, 0.2) is 18.2 Å². The van der Waals surface area contributed by atoms with Crippen molar-refractivity contribution in [3.8, 4) is 0 Å². The molecule has 0 fully saturated rings. The maximum atomic E-state index is 12.0. The van der Waals surface area contributed by atoms with Gasteiger partial charge >= 0.3 is 5.97 Å². The summed E-state index contributed by atoms with van der Waals surface area (Å²) < 4.78 is 4.93. The normalized spacial score (nSPS) is 10.9. The van der Waals surface area contributed by atoms with E-state index in [-0.39, 0.29) is 35.7 Å². The molecule has 0 spiro atoms. The van der Waals surface area contributed by atoms with E-state index in [0.29, 0.717) is 0 Å². The van der Waals surface area contributed by atoms with Gasteiger partial charge in [0.05, 0.1) is 18.7 Å². The number of nitrogens with one attached hydrogen (secondary N) is 1. The second-order valence-electron chi connectivity index (χ2n) is 5.89. The van der Waals surface area contributed by atoms with E-state index in [4.69, 9.17) is 10.5 Å². The Labute approximate surface area is 130 Å². The molecule has 0 radical (unpaired) electrons. The molecule has 0 aromatic heterocycles. The molecular formula is C16H22N2O4. The van der Waals surface area contributed by atoms with Gasteiger partial charge in [0.15, 0.2) is 0 Å². The standard InChI is InChI=1S/C16H22N2O4/c1-5-22-15(21)14-10(17)7-6-8-11(14)18-13(20)9-12(19)16(2,3)4/h6-8H,5,9,17H2,1-4H3,(H,18,20). The number of anilines is 2. The van der Waals surface area contributed by atoms with Crippen LogP contribution < -0.4 is 11.1 Å². The summed E-state index contributed by atoms with van der Waals surface area (Å²) in [6.07, 6.45) is -0.263. The molecular weight excluding hydrogens is 284 g/mol. The summed E-state index contributed by atoms with van der Waals surface area (Å²) >= 11 is 0. The summed E-state index contributed by atoms with van der Waals surface area (Å²) in [6, 6.07) is 4.70. The van der Waals surface area contributed by atoms with Gasteiger partial charge in [0.1, 0.15) is 11.3 Å². The number of rotatable bonds is 5. The van der Waals surface area contributed by atoms with Crippen LogP contribution in [0, 0.1) is 5.41 Å². The summed E-state index contributed by atoms with van der Waals surface area (Å²) in [6.45, 7) is 7.10. The van der Waals surface area contributed by atoms with Crippen LogP contribution in [0.4, 0.5) is 11.4 Å². The predicted octanol–water partition coefficient (Wildman–Crippen LogP) is 2.39. The first-order valence-corrected chi connectivity index (χ1v) is 7.05. The van der Waals surface area contributed by atoms with Crippen molar-refractivity contribution in [3.63, 3.8) is 0 Å². The molecule has 1 aromatic carbocycles. The average Bonchev–Trinajstić information content (AvgIpc) is 2.37. The number of nitrogen functional groups attached to an aromatic ring is 1. The molecule has 1 amide bonds. The molecule has 0 saturated carbocycles. The van der Waals surface area contributed by atoms with E-state index < -0.39 is 17.3 Å². The third kappa shape index (κ3) is 4.58. The lowest BCUT2D eigenvalue weighted by molar-refractivity contribution is -0.130. The van der Waals surface area contributed by atoms with Crippen LogP contribution in [-0.2, 0) is 14.3 Å². The van der Waals surface area contributed by atoms with Crippen molar-refractivity contribution in [3.05, 3.63) is 23.8 Å². The quantitative estimate of drug-likeness (QED) is 0.494. The third-order valence-corrected chi connectivity index (χ3v) is 3.01. The zero-order valence-electron chi connectivity index (χ0n) is 13.4. The summed E-state index contributed by atoms with van der Waals surface area (Å²) in [5.41, 5.74) is 5.73. The largest absolute Gasteiger partial charge is 0.462 e. The molecule has 0 aliphatic heterocycles. The average molecular weight is 306 g/mol. The highest BCUT2D eigenvalue weighted by molar-refractivity contribution is 6.09. The fraction of sp³-hybridized carbons (Fsp3) is 0.438. The van der Waals surface area contributed by atoms with E-state index in [2.05, 4.69) is 5.32 Å². The minimum absolute atomic E-state index is 0.0981. The van der Waals surface area contributed by atoms with Crippen LogP contribution in [0.2, 0.25) is 0 Å². The number of carbonyl (C=O) groups excluding carboxylic acids is 3. The Balaban J connectivity index is 2.94. The second-order valence-corrected chi connectivity index (χ2v) is 5.89. The monoisotopic (exact) mass is 306 g/mol. The number of ether oxygens (including phenoxy) is 1.